The number of nitrogens with zero attached hydrogens (tertiary/aromatic N) is 1. The third-order valence-corrected chi connectivity index (χ3v) is 4.79. The number of carbonyl (C=O) groups excluding carboxylic acids is 1. The molecule has 6 heteroatoms. The number of rotatable bonds is 3. The Morgan fingerprint density at radius 1 is 0.897 bits per heavy atom. The van der Waals surface area contributed by atoms with Gasteiger partial charge in [0, 0.05) is 11.3 Å². The van der Waals surface area contributed by atoms with E-state index in [2.05, 4.69) is 10.3 Å². The second-order valence-corrected chi connectivity index (χ2v) is 6.86. The summed E-state index contributed by atoms with van der Waals surface area (Å²) in [4.78, 5) is 17.2. The topological polar surface area (TPSA) is 73.6 Å². The molecule has 0 spiro atoms. The molecule has 2 unspecified atom stereocenters. The van der Waals surface area contributed by atoms with Crippen LogP contribution in [-0.2, 0) is 4.79 Å². The summed E-state index contributed by atoms with van der Waals surface area (Å²) in [5.74, 6) is 1.49. The number of amides is 1. The van der Waals surface area contributed by atoms with Gasteiger partial charge in [-0.3, -0.25) is 4.79 Å². The zero-order chi connectivity index (χ0) is 19.8. The van der Waals surface area contributed by atoms with E-state index >= 15 is 0 Å². The van der Waals surface area contributed by atoms with Gasteiger partial charge in [-0.15, -0.1) is 0 Å². The van der Waals surface area contributed by atoms with Crippen LogP contribution in [0.15, 0.2) is 77.2 Å². The molecule has 1 amide bonds. The Bertz CT molecular complexity index is 1150. The zero-order valence-corrected chi connectivity index (χ0v) is 15.7. The number of nitrogens with one attached hydrogen (secondary N) is 1. The van der Waals surface area contributed by atoms with Gasteiger partial charge in [-0.2, -0.15) is 0 Å². The predicted molar refractivity (Wildman–Crippen MR) is 109 cm³/mol. The lowest BCUT2D eigenvalue weighted by Crippen LogP contribution is -2.46. The van der Waals surface area contributed by atoms with Crippen molar-refractivity contribution in [3.05, 3.63) is 72.8 Å². The van der Waals surface area contributed by atoms with Crippen LogP contribution in [-0.4, -0.2) is 23.1 Å². The minimum atomic E-state index is -0.735. The highest BCUT2D eigenvalue weighted by Gasteiger charge is 2.34. The van der Waals surface area contributed by atoms with Gasteiger partial charge >= 0.3 is 0 Å². The molecule has 0 radical (unpaired) electrons. The molecule has 2 heterocycles. The van der Waals surface area contributed by atoms with Crippen molar-refractivity contribution in [3.8, 4) is 23.0 Å². The second kappa shape index (κ2) is 6.98. The Kier molecular flexibility index (Phi) is 4.17. The summed E-state index contributed by atoms with van der Waals surface area (Å²) in [7, 11) is 0. The summed E-state index contributed by atoms with van der Waals surface area (Å²) in [6.07, 6.45) is -1.13. The average Bonchev–Trinajstić information content (AvgIpc) is 3.18. The molecule has 0 fully saturated rings. The molecule has 1 N–H and O–H groups in total. The van der Waals surface area contributed by atoms with E-state index in [1.165, 1.54) is 0 Å². The first-order chi connectivity index (χ1) is 14.2. The largest absolute Gasteiger partial charge is 0.482 e. The van der Waals surface area contributed by atoms with Crippen LogP contribution in [0.25, 0.3) is 22.6 Å². The number of carbonyl (C=O) groups is 1. The van der Waals surface area contributed by atoms with E-state index in [-0.39, 0.29) is 5.91 Å². The third-order valence-electron chi connectivity index (χ3n) is 4.79. The first-order valence-electron chi connectivity index (χ1n) is 9.36. The minimum absolute atomic E-state index is 0.262. The number of aromatic nitrogens is 1. The Balaban J connectivity index is 1.31. The maximum absolute atomic E-state index is 12.7. The smallest absolute Gasteiger partial charge is 0.269 e. The highest BCUT2D eigenvalue weighted by Crippen LogP contribution is 2.34. The predicted octanol–water partition coefficient (Wildman–Crippen LogP) is 4.66. The van der Waals surface area contributed by atoms with Crippen LogP contribution in [0.4, 0.5) is 5.69 Å². The lowest BCUT2D eigenvalue weighted by atomic mass is 10.1. The molecule has 2 atom stereocenters. The van der Waals surface area contributed by atoms with E-state index in [1.54, 1.807) is 6.07 Å². The molecule has 0 bridgehead atoms. The highest BCUT2D eigenvalue weighted by atomic mass is 16.6. The Morgan fingerprint density at radius 3 is 2.34 bits per heavy atom. The number of fused-ring (bicyclic) bond motifs is 2. The molecule has 1 aromatic heterocycles. The lowest BCUT2D eigenvalue weighted by molar-refractivity contribution is -0.128. The molecule has 29 heavy (non-hydrogen) atoms. The van der Waals surface area contributed by atoms with Gasteiger partial charge in [-0.1, -0.05) is 24.3 Å². The molecule has 0 saturated carbocycles. The summed E-state index contributed by atoms with van der Waals surface area (Å²) >= 11 is 0. The third kappa shape index (κ3) is 3.29. The molecule has 144 valence electrons. The van der Waals surface area contributed by atoms with Crippen molar-refractivity contribution < 1.29 is 18.7 Å². The van der Waals surface area contributed by atoms with E-state index in [9.17, 15) is 4.79 Å². The monoisotopic (exact) mass is 386 g/mol. The van der Waals surface area contributed by atoms with Crippen LogP contribution in [0.2, 0.25) is 0 Å². The van der Waals surface area contributed by atoms with Gasteiger partial charge in [0.05, 0.1) is 0 Å². The summed E-state index contributed by atoms with van der Waals surface area (Å²) in [5.41, 5.74) is 3.04. The lowest BCUT2D eigenvalue weighted by Gasteiger charge is -2.31. The molecular formula is C23H18N2O4. The highest BCUT2D eigenvalue weighted by molar-refractivity contribution is 5.95. The van der Waals surface area contributed by atoms with Crippen LogP contribution >= 0.6 is 0 Å². The average molecular weight is 386 g/mol. The van der Waals surface area contributed by atoms with Gasteiger partial charge in [0.2, 0.25) is 12.0 Å². The van der Waals surface area contributed by atoms with Gasteiger partial charge < -0.3 is 19.2 Å². The number of benzene rings is 3. The van der Waals surface area contributed by atoms with E-state index in [0.29, 0.717) is 23.1 Å². The number of anilines is 1. The number of oxazole rings is 1. The van der Waals surface area contributed by atoms with Crippen LogP contribution < -0.4 is 14.8 Å². The van der Waals surface area contributed by atoms with Gasteiger partial charge in [-0.05, 0) is 55.5 Å². The fraction of sp³-hybridized carbons (Fsp3) is 0.130. The van der Waals surface area contributed by atoms with E-state index < -0.39 is 12.2 Å². The quantitative estimate of drug-likeness (QED) is 0.554. The van der Waals surface area contributed by atoms with Gasteiger partial charge in [0.1, 0.15) is 11.6 Å². The molecule has 5 rings (SSSR count). The van der Waals surface area contributed by atoms with Crippen molar-refractivity contribution >= 4 is 22.7 Å². The van der Waals surface area contributed by atoms with Crippen molar-refractivity contribution in [2.24, 2.45) is 0 Å². The first kappa shape index (κ1) is 17.3. The van der Waals surface area contributed by atoms with Crippen molar-refractivity contribution in [1.29, 1.82) is 0 Å². The Hall–Kier alpha value is -3.80. The SMILES string of the molecule is CC1Oc2ccccc2OC1C(=O)Nc1ccc(-c2nc3ccccc3o2)cc1. The number of hydrogen-bond donors (Lipinski definition) is 1. The van der Waals surface area contributed by atoms with Gasteiger partial charge in [-0.25, -0.2) is 4.98 Å². The fourth-order valence-corrected chi connectivity index (χ4v) is 3.31. The minimum Gasteiger partial charge on any atom is -0.482 e. The molecule has 4 aromatic rings. The van der Waals surface area contributed by atoms with Gasteiger partial charge in [0.15, 0.2) is 17.1 Å². The first-order valence-corrected chi connectivity index (χ1v) is 9.36. The molecule has 0 aliphatic carbocycles. The van der Waals surface area contributed by atoms with Gasteiger partial charge in [0.25, 0.3) is 5.91 Å². The maximum atomic E-state index is 12.7. The second-order valence-electron chi connectivity index (χ2n) is 6.86. The normalized spacial score (nSPS) is 17.8. The molecule has 1 aliphatic rings. The molecular weight excluding hydrogens is 368 g/mol. The zero-order valence-electron chi connectivity index (χ0n) is 15.7. The van der Waals surface area contributed by atoms with Crippen LogP contribution in [0, 0.1) is 0 Å². The summed E-state index contributed by atoms with van der Waals surface area (Å²) in [6.45, 7) is 1.82. The molecule has 3 aromatic carbocycles. The maximum Gasteiger partial charge on any atom is 0.269 e. The summed E-state index contributed by atoms with van der Waals surface area (Å²) in [6, 6.07) is 22.3. The fourth-order valence-electron chi connectivity index (χ4n) is 3.31. The van der Waals surface area contributed by atoms with Crippen LogP contribution in [0.5, 0.6) is 11.5 Å². The van der Waals surface area contributed by atoms with E-state index in [1.807, 2.05) is 73.7 Å². The summed E-state index contributed by atoms with van der Waals surface area (Å²) in [5, 5.41) is 2.88. The number of para-hydroxylation sites is 4. The van der Waals surface area contributed by atoms with Crippen LogP contribution in [0.3, 0.4) is 0 Å². The van der Waals surface area contributed by atoms with Crippen molar-refractivity contribution in [1.82, 2.24) is 4.98 Å². The van der Waals surface area contributed by atoms with Crippen molar-refractivity contribution in [3.63, 3.8) is 0 Å². The Morgan fingerprint density at radius 2 is 1.59 bits per heavy atom. The number of hydrogen-bond acceptors (Lipinski definition) is 5. The van der Waals surface area contributed by atoms with Crippen molar-refractivity contribution in [2.45, 2.75) is 19.1 Å². The molecule has 1 aliphatic heterocycles. The Labute approximate surface area is 167 Å². The molecule has 6 nitrogen and oxygen atoms in total. The molecule has 0 saturated heterocycles. The van der Waals surface area contributed by atoms with Crippen LogP contribution in [0.1, 0.15) is 6.92 Å². The van der Waals surface area contributed by atoms with Crippen molar-refractivity contribution in [2.75, 3.05) is 5.32 Å². The number of ether oxygens (including phenoxy) is 2. The van der Waals surface area contributed by atoms with E-state index in [0.717, 1.165) is 16.7 Å². The summed E-state index contributed by atoms with van der Waals surface area (Å²) < 4.78 is 17.4. The van der Waals surface area contributed by atoms with E-state index in [4.69, 9.17) is 13.9 Å². The standard InChI is InChI=1S/C23H18N2O4/c1-14-21(28-20-9-5-4-8-19(20)27-14)22(26)24-16-12-10-15(11-13-16)23-25-17-6-2-3-7-18(17)29-23/h2-14,21H,1H3,(H,24,26).